The van der Waals surface area contributed by atoms with Crippen molar-refractivity contribution in [2.45, 2.75) is 11.9 Å². The summed E-state index contributed by atoms with van der Waals surface area (Å²) in [6.45, 7) is 1.68. The van der Waals surface area contributed by atoms with Gasteiger partial charge in [0.15, 0.2) is 5.03 Å². The minimum absolute atomic E-state index is 0.0348. The molecule has 0 atom stereocenters. The molecule has 0 aliphatic heterocycles. The molecule has 2 aromatic rings. The predicted octanol–water partition coefficient (Wildman–Crippen LogP) is 1.99. The van der Waals surface area contributed by atoms with Crippen molar-refractivity contribution in [3.63, 3.8) is 0 Å². The molecule has 0 aliphatic rings. The van der Waals surface area contributed by atoms with E-state index < -0.39 is 16.0 Å². The number of imidazole rings is 1. The number of aromatic nitrogens is 2. The number of sulfonamides is 1. The summed E-state index contributed by atoms with van der Waals surface area (Å²) in [5, 5.41) is 8.90. The highest BCUT2D eigenvalue weighted by Crippen LogP contribution is 2.23. The standard InChI is InChI=1S/C12H12BrN3O4S/c1-7-14-11(6-16(7)2)21(19,20)15-8-3-4-10(13)9(5-8)12(17)18/h3-6,15H,1-2H3,(H,17,18). The number of nitrogens with one attached hydrogen (secondary N) is 1. The van der Waals surface area contributed by atoms with Gasteiger partial charge in [-0.1, -0.05) is 0 Å². The summed E-state index contributed by atoms with van der Waals surface area (Å²) in [5.74, 6) is -0.603. The Morgan fingerprint density at radius 3 is 2.62 bits per heavy atom. The normalized spacial score (nSPS) is 11.4. The van der Waals surface area contributed by atoms with E-state index in [0.717, 1.165) is 0 Å². The van der Waals surface area contributed by atoms with E-state index in [1.807, 2.05) is 0 Å². The topological polar surface area (TPSA) is 101 Å². The number of carboxylic acid groups (broad SMARTS) is 1. The van der Waals surface area contributed by atoms with Gasteiger partial charge in [0.05, 0.1) is 5.56 Å². The third kappa shape index (κ3) is 3.24. The van der Waals surface area contributed by atoms with Crippen LogP contribution in [0.5, 0.6) is 0 Å². The maximum Gasteiger partial charge on any atom is 0.336 e. The summed E-state index contributed by atoms with van der Waals surface area (Å²) < 4.78 is 28.6. The number of carbonyl (C=O) groups is 1. The summed E-state index contributed by atoms with van der Waals surface area (Å²) >= 11 is 3.09. The van der Waals surface area contributed by atoms with E-state index >= 15 is 0 Å². The Morgan fingerprint density at radius 1 is 1.43 bits per heavy atom. The molecular weight excluding hydrogens is 362 g/mol. The van der Waals surface area contributed by atoms with Crippen molar-refractivity contribution in [3.8, 4) is 0 Å². The SMILES string of the molecule is Cc1nc(S(=O)(=O)Nc2ccc(Br)c(C(=O)O)c2)cn1C. The van der Waals surface area contributed by atoms with Gasteiger partial charge in [0.1, 0.15) is 5.82 Å². The molecule has 0 radical (unpaired) electrons. The van der Waals surface area contributed by atoms with Crippen molar-refractivity contribution in [3.05, 3.63) is 40.3 Å². The van der Waals surface area contributed by atoms with Crippen molar-refractivity contribution in [2.24, 2.45) is 7.05 Å². The number of aryl methyl sites for hydroxylation is 2. The molecule has 0 bridgehead atoms. The molecule has 0 unspecified atom stereocenters. The van der Waals surface area contributed by atoms with Crippen LogP contribution in [0.3, 0.4) is 0 Å². The first kappa shape index (κ1) is 15.5. The number of hydrogen-bond acceptors (Lipinski definition) is 4. The van der Waals surface area contributed by atoms with Gasteiger partial charge in [-0.3, -0.25) is 4.72 Å². The lowest BCUT2D eigenvalue weighted by Crippen LogP contribution is -2.14. The Balaban J connectivity index is 2.37. The molecule has 0 spiro atoms. The van der Waals surface area contributed by atoms with E-state index in [1.54, 1.807) is 18.5 Å². The van der Waals surface area contributed by atoms with Gasteiger partial charge >= 0.3 is 5.97 Å². The lowest BCUT2D eigenvalue weighted by atomic mass is 10.2. The van der Waals surface area contributed by atoms with Gasteiger partial charge in [0, 0.05) is 23.4 Å². The highest BCUT2D eigenvalue weighted by atomic mass is 79.9. The van der Waals surface area contributed by atoms with Gasteiger partial charge in [-0.25, -0.2) is 9.78 Å². The van der Waals surface area contributed by atoms with Crippen LogP contribution in [0.2, 0.25) is 0 Å². The van der Waals surface area contributed by atoms with Crippen molar-refractivity contribution in [2.75, 3.05) is 4.72 Å². The predicted molar refractivity (Wildman–Crippen MR) is 79.9 cm³/mol. The molecule has 2 N–H and O–H groups in total. The molecule has 9 heteroatoms. The van der Waals surface area contributed by atoms with Crippen LogP contribution in [-0.4, -0.2) is 29.0 Å². The maximum atomic E-state index is 12.2. The number of carboxylic acids is 1. The third-order valence-electron chi connectivity index (χ3n) is 2.81. The zero-order chi connectivity index (χ0) is 15.8. The number of aromatic carboxylic acids is 1. The van der Waals surface area contributed by atoms with E-state index in [1.165, 1.54) is 24.4 Å². The van der Waals surface area contributed by atoms with Gasteiger partial charge in [0.25, 0.3) is 10.0 Å². The van der Waals surface area contributed by atoms with Crippen LogP contribution in [0.15, 0.2) is 33.9 Å². The summed E-state index contributed by atoms with van der Waals surface area (Å²) in [4.78, 5) is 15.0. The van der Waals surface area contributed by atoms with Gasteiger partial charge in [-0.2, -0.15) is 8.42 Å². The molecule has 0 fully saturated rings. The molecule has 1 aromatic carbocycles. The fourth-order valence-corrected chi connectivity index (χ4v) is 3.12. The molecule has 0 aliphatic carbocycles. The van der Waals surface area contributed by atoms with Crippen LogP contribution in [0.25, 0.3) is 0 Å². The minimum atomic E-state index is -3.86. The zero-order valence-electron chi connectivity index (χ0n) is 11.2. The zero-order valence-corrected chi connectivity index (χ0v) is 13.6. The summed E-state index contributed by atoms with van der Waals surface area (Å²) in [5.41, 5.74) is 0.117. The number of anilines is 1. The molecule has 1 aromatic heterocycles. The average molecular weight is 374 g/mol. The highest BCUT2D eigenvalue weighted by molar-refractivity contribution is 9.10. The molecule has 0 amide bonds. The van der Waals surface area contributed by atoms with Crippen LogP contribution in [-0.2, 0) is 17.1 Å². The van der Waals surface area contributed by atoms with E-state index in [-0.39, 0.29) is 16.3 Å². The van der Waals surface area contributed by atoms with Crippen molar-refractivity contribution >= 4 is 37.6 Å². The van der Waals surface area contributed by atoms with E-state index in [4.69, 9.17) is 5.11 Å². The first-order valence-corrected chi connectivity index (χ1v) is 8.04. The summed E-state index contributed by atoms with van der Waals surface area (Å²) in [7, 11) is -2.18. The van der Waals surface area contributed by atoms with Crippen LogP contribution < -0.4 is 4.72 Å². The summed E-state index contributed by atoms with van der Waals surface area (Å²) in [6.07, 6.45) is 1.38. The Kier molecular flexibility index (Phi) is 4.06. The third-order valence-corrected chi connectivity index (χ3v) is 4.75. The summed E-state index contributed by atoms with van der Waals surface area (Å²) in [6, 6.07) is 4.16. The van der Waals surface area contributed by atoms with E-state index in [9.17, 15) is 13.2 Å². The molecule has 7 nitrogen and oxygen atoms in total. The Hall–Kier alpha value is -1.87. The molecule has 2 rings (SSSR count). The minimum Gasteiger partial charge on any atom is -0.478 e. The number of hydrogen-bond donors (Lipinski definition) is 2. The maximum absolute atomic E-state index is 12.2. The Bertz CT molecular complexity index is 794. The van der Waals surface area contributed by atoms with Gasteiger partial charge < -0.3 is 9.67 Å². The lowest BCUT2D eigenvalue weighted by Gasteiger charge is -2.07. The molecule has 0 saturated carbocycles. The number of rotatable bonds is 4. The van der Waals surface area contributed by atoms with Crippen LogP contribution >= 0.6 is 15.9 Å². The molecular formula is C12H12BrN3O4S. The van der Waals surface area contributed by atoms with Gasteiger partial charge in [-0.05, 0) is 41.1 Å². The second kappa shape index (κ2) is 5.49. The van der Waals surface area contributed by atoms with Crippen LogP contribution in [0.1, 0.15) is 16.2 Å². The largest absolute Gasteiger partial charge is 0.478 e. The Labute approximate surface area is 129 Å². The number of halogens is 1. The van der Waals surface area contributed by atoms with Crippen molar-refractivity contribution in [1.29, 1.82) is 0 Å². The Morgan fingerprint density at radius 2 is 2.10 bits per heavy atom. The average Bonchev–Trinajstić information content (AvgIpc) is 2.72. The second-order valence-electron chi connectivity index (χ2n) is 4.34. The lowest BCUT2D eigenvalue weighted by molar-refractivity contribution is 0.0696. The molecule has 1 heterocycles. The van der Waals surface area contributed by atoms with Crippen LogP contribution in [0.4, 0.5) is 5.69 Å². The first-order chi connectivity index (χ1) is 9.70. The number of nitrogens with zero attached hydrogens (tertiary/aromatic N) is 2. The fraction of sp³-hybridized carbons (Fsp3) is 0.167. The quantitative estimate of drug-likeness (QED) is 0.852. The molecule has 112 valence electrons. The van der Waals surface area contributed by atoms with Crippen molar-refractivity contribution in [1.82, 2.24) is 9.55 Å². The van der Waals surface area contributed by atoms with E-state index in [2.05, 4.69) is 25.6 Å². The first-order valence-electron chi connectivity index (χ1n) is 5.76. The fourth-order valence-electron chi connectivity index (χ4n) is 1.62. The van der Waals surface area contributed by atoms with Crippen molar-refractivity contribution < 1.29 is 18.3 Å². The van der Waals surface area contributed by atoms with Gasteiger partial charge in [0.2, 0.25) is 0 Å². The second-order valence-corrected chi connectivity index (χ2v) is 6.83. The monoisotopic (exact) mass is 373 g/mol. The van der Waals surface area contributed by atoms with Gasteiger partial charge in [-0.15, -0.1) is 0 Å². The highest BCUT2D eigenvalue weighted by Gasteiger charge is 2.19. The van der Waals surface area contributed by atoms with Crippen LogP contribution in [0, 0.1) is 6.92 Å². The van der Waals surface area contributed by atoms with E-state index in [0.29, 0.717) is 10.3 Å². The number of benzene rings is 1. The molecule has 0 saturated heterocycles. The smallest absolute Gasteiger partial charge is 0.336 e. The molecule has 21 heavy (non-hydrogen) atoms.